The molecule has 4 rings (SSSR count). The Morgan fingerprint density at radius 2 is 2.10 bits per heavy atom. The first-order valence-electron chi connectivity index (χ1n) is 9.35. The van der Waals surface area contributed by atoms with Gasteiger partial charge in [-0.1, -0.05) is 23.5 Å². The van der Waals surface area contributed by atoms with Crippen molar-refractivity contribution in [3.8, 4) is 5.75 Å². The Bertz CT molecular complexity index is 996. The average Bonchev–Trinajstić information content (AvgIpc) is 3.41. The van der Waals surface area contributed by atoms with Crippen LogP contribution in [0.15, 0.2) is 47.3 Å². The molecule has 150 valence electrons. The number of ether oxygens (including phenoxy) is 1. The molecule has 29 heavy (non-hydrogen) atoms. The van der Waals surface area contributed by atoms with Crippen LogP contribution >= 0.6 is 11.3 Å². The van der Waals surface area contributed by atoms with Crippen molar-refractivity contribution in [1.82, 2.24) is 9.88 Å². The van der Waals surface area contributed by atoms with E-state index in [1.54, 1.807) is 13.2 Å². The molecule has 0 saturated carbocycles. The van der Waals surface area contributed by atoms with Crippen LogP contribution in [0.25, 0.3) is 0 Å². The average molecular weight is 411 g/mol. The number of hydrogen-bond acceptors (Lipinski definition) is 6. The Morgan fingerprint density at radius 3 is 2.83 bits per heavy atom. The van der Waals surface area contributed by atoms with Gasteiger partial charge in [0.05, 0.1) is 31.2 Å². The normalized spacial score (nSPS) is 13.1. The monoisotopic (exact) mass is 411 g/mol. The Kier molecular flexibility index (Phi) is 5.62. The predicted octanol–water partition coefficient (Wildman–Crippen LogP) is 3.51. The van der Waals surface area contributed by atoms with Crippen molar-refractivity contribution in [2.24, 2.45) is 0 Å². The molecule has 0 aliphatic carbocycles. The lowest BCUT2D eigenvalue weighted by Crippen LogP contribution is -2.35. The number of anilines is 1. The highest BCUT2D eigenvalue weighted by atomic mass is 32.1. The summed E-state index contributed by atoms with van der Waals surface area (Å²) < 4.78 is 10.1. The van der Waals surface area contributed by atoms with E-state index in [1.807, 2.05) is 29.2 Å². The fraction of sp³-hybridized carbons (Fsp3) is 0.286. The Labute approximate surface area is 172 Å². The third-order valence-electron chi connectivity index (χ3n) is 4.87. The molecular weight excluding hydrogens is 390 g/mol. The van der Waals surface area contributed by atoms with E-state index in [2.05, 4.69) is 10.3 Å². The van der Waals surface area contributed by atoms with Crippen LogP contribution in [-0.4, -0.2) is 35.4 Å². The number of fused-ring (bicyclic) bond motifs is 1. The molecule has 3 heterocycles. The largest absolute Gasteiger partial charge is 0.497 e. The molecule has 0 fully saturated rings. The first-order chi connectivity index (χ1) is 14.1. The lowest BCUT2D eigenvalue weighted by atomic mass is 10.1. The van der Waals surface area contributed by atoms with Gasteiger partial charge in [0.1, 0.15) is 12.0 Å². The third-order valence-corrected chi connectivity index (χ3v) is 5.87. The second kappa shape index (κ2) is 8.48. The van der Waals surface area contributed by atoms with E-state index in [-0.39, 0.29) is 11.8 Å². The highest BCUT2D eigenvalue weighted by molar-refractivity contribution is 7.15. The van der Waals surface area contributed by atoms with Crippen LogP contribution in [-0.2, 0) is 24.2 Å². The van der Waals surface area contributed by atoms with E-state index in [9.17, 15) is 9.59 Å². The molecule has 3 aromatic rings. The standard InChI is InChI=1S/C21H21N3O4S/c1-27-16-5-2-14(3-6-16)4-7-19(25)24-10-8-17-18(12-24)29-21(22-17)23-20(26)15-9-11-28-13-15/h2-3,5-6,9,11,13H,4,7-8,10,12H2,1H3,(H,22,23,26). The Morgan fingerprint density at radius 1 is 1.28 bits per heavy atom. The number of hydrogen-bond donors (Lipinski definition) is 1. The number of carbonyl (C=O) groups is 2. The van der Waals surface area contributed by atoms with Crippen LogP contribution in [0.1, 0.15) is 32.9 Å². The van der Waals surface area contributed by atoms with Crippen LogP contribution in [0.5, 0.6) is 5.75 Å². The number of furan rings is 1. The molecule has 8 heteroatoms. The van der Waals surface area contributed by atoms with Gasteiger partial charge in [0, 0.05) is 24.3 Å². The van der Waals surface area contributed by atoms with Crippen molar-refractivity contribution in [3.63, 3.8) is 0 Å². The van der Waals surface area contributed by atoms with Crippen molar-refractivity contribution in [2.75, 3.05) is 19.0 Å². The number of thiazole rings is 1. The molecule has 2 amide bonds. The summed E-state index contributed by atoms with van der Waals surface area (Å²) in [4.78, 5) is 32.2. The first-order valence-corrected chi connectivity index (χ1v) is 10.2. The van der Waals surface area contributed by atoms with E-state index in [1.165, 1.54) is 23.9 Å². The molecule has 0 bridgehead atoms. The van der Waals surface area contributed by atoms with Crippen LogP contribution < -0.4 is 10.1 Å². The minimum absolute atomic E-state index is 0.129. The SMILES string of the molecule is COc1ccc(CCC(=O)N2CCc3nc(NC(=O)c4ccoc4)sc3C2)cc1. The quantitative estimate of drug-likeness (QED) is 0.671. The van der Waals surface area contributed by atoms with E-state index < -0.39 is 0 Å². The fourth-order valence-electron chi connectivity index (χ4n) is 3.23. The summed E-state index contributed by atoms with van der Waals surface area (Å²) in [5.41, 5.74) is 2.52. The lowest BCUT2D eigenvalue weighted by Gasteiger charge is -2.26. The number of benzene rings is 1. The van der Waals surface area contributed by atoms with Gasteiger partial charge < -0.3 is 14.1 Å². The van der Waals surface area contributed by atoms with Crippen LogP contribution in [0.2, 0.25) is 0 Å². The number of nitrogens with zero attached hydrogens (tertiary/aromatic N) is 2. The zero-order valence-corrected chi connectivity index (χ0v) is 16.8. The maximum Gasteiger partial charge on any atom is 0.260 e. The molecule has 0 radical (unpaired) electrons. The second-order valence-electron chi connectivity index (χ2n) is 6.77. The van der Waals surface area contributed by atoms with Gasteiger partial charge in [-0.2, -0.15) is 0 Å². The van der Waals surface area contributed by atoms with Crippen molar-refractivity contribution < 1.29 is 18.7 Å². The number of aromatic nitrogens is 1. The maximum absolute atomic E-state index is 12.6. The number of carbonyl (C=O) groups excluding carboxylic acids is 2. The number of aryl methyl sites for hydroxylation is 1. The number of amides is 2. The van der Waals surface area contributed by atoms with Gasteiger partial charge >= 0.3 is 0 Å². The third kappa shape index (κ3) is 4.48. The zero-order valence-electron chi connectivity index (χ0n) is 16.0. The minimum atomic E-state index is -0.253. The van der Waals surface area contributed by atoms with Crippen molar-refractivity contribution in [3.05, 3.63) is 64.6 Å². The predicted molar refractivity (Wildman–Crippen MR) is 109 cm³/mol. The van der Waals surface area contributed by atoms with Gasteiger partial charge in [-0.15, -0.1) is 0 Å². The summed E-state index contributed by atoms with van der Waals surface area (Å²) >= 11 is 1.42. The summed E-state index contributed by atoms with van der Waals surface area (Å²) in [5.74, 6) is 0.686. The molecule has 0 spiro atoms. The molecule has 7 nitrogen and oxygen atoms in total. The first kappa shape index (κ1) is 19.2. The van der Waals surface area contributed by atoms with Crippen molar-refractivity contribution >= 4 is 28.3 Å². The van der Waals surface area contributed by atoms with Crippen molar-refractivity contribution in [1.29, 1.82) is 0 Å². The van der Waals surface area contributed by atoms with Crippen LogP contribution in [0.3, 0.4) is 0 Å². The van der Waals surface area contributed by atoms with Gasteiger partial charge in [0.15, 0.2) is 5.13 Å². The smallest absolute Gasteiger partial charge is 0.260 e. The lowest BCUT2D eigenvalue weighted by molar-refractivity contribution is -0.132. The van der Waals surface area contributed by atoms with E-state index >= 15 is 0 Å². The van der Waals surface area contributed by atoms with E-state index in [0.29, 0.717) is 43.0 Å². The zero-order chi connectivity index (χ0) is 20.2. The second-order valence-corrected chi connectivity index (χ2v) is 7.85. The highest BCUT2D eigenvalue weighted by Gasteiger charge is 2.24. The summed E-state index contributed by atoms with van der Waals surface area (Å²) in [7, 11) is 1.64. The van der Waals surface area contributed by atoms with Gasteiger partial charge in [0.25, 0.3) is 5.91 Å². The molecule has 0 saturated heterocycles. The van der Waals surface area contributed by atoms with Gasteiger partial charge in [-0.05, 0) is 30.2 Å². The Hall–Kier alpha value is -3.13. The highest BCUT2D eigenvalue weighted by Crippen LogP contribution is 2.29. The maximum atomic E-state index is 12.6. The van der Waals surface area contributed by atoms with Crippen LogP contribution in [0.4, 0.5) is 5.13 Å². The number of methoxy groups -OCH3 is 1. The van der Waals surface area contributed by atoms with E-state index in [4.69, 9.17) is 9.15 Å². The molecule has 1 aliphatic heterocycles. The molecule has 1 aliphatic rings. The topological polar surface area (TPSA) is 84.7 Å². The summed E-state index contributed by atoms with van der Waals surface area (Å²) in [6.45, 7) is 1.18. The molecule has 0 atom stereocenters. The molecule has 1 aromatic carbocycles. The van der Waals surface area contributed by atoms with Gasteiger partial charge in [-0.3, -0.25) is 14.9 Å². The molecule has 2 aromatic heterocycles. The van der Waals surface area contributed by atoms with Gasteiger partial charge in [-0.25, -0.2) is 4.98 Å². The molecular formula is C21H21N3O4S. The van der Waals surface area contributed by atoms with E-state index in [0.717, 1.165) is 21.9 Å². The minimum Gasteiger partial charge on any atom is -0.497 e. The fourth-order valence-corrected chi connectivity index (χ4v) is 4.25. The summed E-state index contributed by atoms with van der Waals surface area (Å²) in [6.07, 6.45) is 4.70. The Balaban J connectivity index is 1.33. The summed E-state index contributed by atoms with van der Waals surface area (Å²) in [6, 6.07) is 9.39. The number of nitrogens with one attached hydrogen (secondary N) is 1. The molecule has 0 unspecified atom stereocenters. The van der Waals surface area contributed by atoms with Crippen molar-refractivity contribution in [2.45, 2.75) is 25.8 Å². The number of rotatable bonds is 6. The van der Waals surface area contributed by atoms with Gasteiger partial charge in [0.2, 0.25) is 5.91 Å². The summed E-state index contributed by atoms with van der Waals surface area (Å²) in [5, 5.41) is 3.35. The van der Waals surface area contributed by atoms with Crippen LogP contribution in [0, 0.1) is 0 Å². The molecule has 1 N–H and O–H groups in total.